The molecule has 0 aliphatic heterocycles. The zero-order valence-corrected chi connectivity index (χ0v) is 16.7. The fourth-order valence-corrected chi connectivity index (χ4v) is 2.10. The average Bonchev–Trinajstić information content (AvgIpc) is 2.46. The van der Waals surface area contributed by atoms with E-state index < -0.39 is 11.9 Å². The van der Waals surface area contributed by atoms with E-state index in [0.29, 0.717) is 0 Å². The van der Waals surface area contributed by atoms with Crippen molar-refractivity contribution in [1.82, 2.24) is 0 Å². The van der Waals surface area contributed by atoms with Crippen LogP contribution in [-0.2, 0) is 9.59 Å². The van der Waals surface area contributed by atoms with E-state index in [1.54, 1.807) is 0 Å². The molecule has 0 saturated carbocycles. The van der Waals surface area contributed by atoms with Crippen LogP contribution in [0.25, 0.3) is 0 Å². The summed E-state index contributed by atoms with van der Waals surface area (Å²) >= 11 is 0. The van der Waals surface area contributed by atoms with Crippen LogP contribution in [0.4, 0.5) is 0 Å². The molecule has 0 radical (unpaired) electrons. The molecule has 24 heavy (non-hydrogen) atoms. The Balaban J connectivity index is -0.000000154. The van der Waals surface area contributed by atoms with Crippen molar-refractivity contribution < 1.29 is 25.3 Å². The maximum atomic E-state index is 9.98. The third-order valence-electron chi connectivity index (χ3n) is 3.47. The summed E-state index contributed by atoms with van der Waals surface area (Å²) in [6.07, 6.45) is 13.9. The number of hydrogen-bond donors (Lipinski definition) is 0. The Kier molecular flexibility index (Phi) is 35.5. The third-order valence-corrected chi connectivity index (χ3v) is 3.47. The molecule has 0 heterocycles. The van der Waals surface area contributed by atoms with E-state index in [2.05, 4.69) is 13.8 Å². The molecular weight excluding hydrogens is 323 g/mol. The molecule has 1 N–H and O–H groups in total. The number of carboxylic acids is 2. The van der Waals surface area contributed by atoms with Crippen LogP contribution in [-0.4, -0.2) is 34.8 Å². The van der Waals surface area contributed by atoms with E-state index in [-0.39, 0.29) is 35.7 Å². The van der Waals surface area contributed by atoms with E-state index in [9.17, 15) is 19.8 Å². The van der Waals surface area contributed by atoms with Gasteiger partial charge in [0.15, 0.2) is 0 Å². The molecule has 0 unspecified atom stereocenters. The van der Waals surface area contributed by atoms with Gasteiger partial charge in [-0.3, -0.25) is 0 Å². The van der Waals surface area contributed by atoms with Crippen molar-refractivity contribution >= 4 is 29.3 Å². The summed E-state index contributed by atoms with van der Waals surface area (Å²) in [6, 6.07) is 0. The predicted octanol–water partition coefficient (Wildman–Crippen LogP) is 2.42. The summed E-state index contributed by atoms with van der Waals surface area (Å²) in [7, 11) is 0. The molecule has 0 rings (SSSR count). The second-order valence-corrected chi connectivity index (χ2v) is 5.78. The number of aliphatic carboxylic acids is 2. The van der Waals surface area contributed by atoms with Gasteiger partial charge in [-0.15, -0.1) is 0 Å². The van der Waals surface area contributed by atoms with Gasteiger partial charge in [0.2, 0.25) is 0 Å². The van der Waals surface area contributed by atoms with Gasteiger partial charge in [0.1, 0.15) is 0 Å². The molecule has 0 amide bonds. The van der Waals surface area contributed by atoms with Gasteiger partial charge in [0.05, 0.1) is 0 Å². The maximum Gasteiger partial charge on any atom is 3.00 e. The zero-order chi connectivity index (χ0) is 17.1. The van der Waals surface area contributed by atoms with Crippen molar-refractivity contribution in [1.29, 1.82) is 0 Å². The topological polar surface area (TPSA) is 110 Å². The Morgan fingerprint density at radius 3 is 1.08 bits per heavy atom. The third kappa shape index (κ3) is 37.6. The van der Waals surface area contributed by atoms with Crippen molar-refractivity contribution in [2.24, 2.45) is 0 Å². The summed E-state index contributed by atoms with van der Waals surface area (Å²) in [6.45, 7) is 4.34. The molecule has 0 aliphatic rings. The second-order valence-electron chi connectivity index (χ2n) is 5.78. The summed E-state index contributed by atoms with van der Waals surface area (Å²) in [5, 5.41) is 20.0. The molecule has 0 fully saturated rings. The van der Waals surface area contributed by atoms with Crippen LogP contribution in [0.15, 0.2) is 0 Å². The smallest absolute Gasteiger partial charge is 0.870 e. The van der Waals surface area contributed by atoms with Gasteiger partial charge in [-0.05, 0) is 25.7 Å². The van der Waals surface area contributed by atoms with Crippen molar-refractivity contribution in [3.05, 3.63) is 0 Å². The van der Waals surface area contributed by atoms with Crippen molar-refractivity contribution in [2.75, 3.05) is 0 Å². The van der Waals surface area contributed by atoms with E-state index >= 15 is 0 Å². The first-order valence-corrected chi connectivity index (χ1v) is 8.94. The van der Waals surface area contributed by atoms with E-state index in [0.717, 1.165) is 25.7 Å². The number of hydrogen-bond acceptors (Lipinski definition) is 5. The molecule has 0 aromatic carbocycles. The van der Waals surface area contributed by atoms with Crippen LogP contribution in [0.3, 0.4) is 0 Å². The number of carbonyl (C=O) groups excluding carboxylic acids is 2. The van der Waals surface area contributed by atoms with Crippen LogP contribution in [0.2, 0.25) is 0 Å². The number of unbranched alkanes of at least 4 members (excludes halogenated alkanes) is 10. The van der Waals surface area contributed by atoms with Crippen LogP contribution in [0.5, 0.6) is 0 Å². The fourth-order valence-electron chi connectivity index (χ4n) is 2.10. The Morgan fingerprint density at radius 2 is 0.833 bits per heavy atom. The van der Waals surface area contributed by atoms with Gasteiger partial charge in [-0.2, -0.15) is 0 Å². The molecule has 0 aromatic rings. The number of rotatable bonds is 14. The monoisotopic (exact) mass is 358 g/mol. The first-order valence-electron chi connectivity index (χ1n) is 8.94. The van der Waals surface area contributed by atoms with Crippen molar-refractivity contribution in [3.8, 4) is 0 Å². The summed E-state index contributed by atoms with van der Waals surface area (Å²) < 4.78 is 0. The van der Waals surface area contributed by atoms with Crippen LogP contribution in [0, 0.1) is 0 Å². The van der Waals surface area contributed by atoms with Gasteiger partial charge in [-0.1, -0.05) is 78.1 Å². The normalized spacial score (nSPS) is 9.08. The summed E-state index contributed by atoms with van der Waals surface area (Å²) in [5.74, 6) is -1.83. The standard InChI is InChI=1S/2C9H18O2.Al.H2O/c2*1-2-3-4-5-6-7-8-9(10)11;;/h2*2-8H2,1H3,(H,10,11);;1H2/q;;+3;/p-3. The Hall–Kier alpha value is -0.568. The van der Waals surface area contributed by atoms with Gasteiger partial charge < -0.3 is 25.3 Å². The molecule has 5 nitrogen and oxygen atoms in total. The maximum absolute atomic E-state index is 9.98. The average molecular weight is 358 g/mol. The quantitative estimate of drug-likeness (QED) is 0.350. The first-order chi connectivity index (χ1) is 10.5. The SMILES string of the molecule is CCCCCCCCC(=O)[O-].CCCCCCCCC(=O)[O-].[Al+3].[OH-]. The zero-order valence-electron chi connectivity index (χ0n) is 15.6. The minimum Gasteiger partial charge on any atom is -0.870 e. The van der Waals surface area contributed by atoms with E-state index in [4.69, 9.17) is 0 Å². The molecule has 140 valence electrons. The Labute approximate surface area is 158 Å². The van der Waals surface area contributed by atoms with Gasteiger partial charge in [-0.25, -0.2) is 0 Å². The second kappa shape index (κ2) is 27.3. The first kappa shape index (κ1) is 31.2. The largest absolute Gasteiger partial charge is 3.00 e. The Bertz CT molecular complexity index is 234. The molecule has 0 bridgehead atoms. The fraction of sp³-hybridized carbons (Fsp3) is 0.889. The minimum absolute atomic E-state index is 0. The molecule has 0 atom stereocenters. The molecule has 0 aromatic heterocycles. The summed E-state index contributed by atoms with van der Waals surface area (Å²) in [5.41, 5.74) is 0. The van der Waals surface area contributed by atoms with Gasteiger partial charge in [0.25, 0.3) is 0 Å². The van der Waals surface area contributed by atoms with E-state index in [1.165, 1.54) is 51.4 Å². The Morgan fingerprint density at radius 1 is 0.583 bits per heavy atom. The molecule has 0 spiro atoms. The van der Waals surface area contributed by atoms with E-state index in [1.807, 2.05) is 0 Å². The summed E-state index contributed by atoms with van der Waals surface area (Å²) in [4.78, 5) is 20.0. The molecule has 0 saturated heterocycles. The molecular formula is C18H35AlO5. The van der Waals surface area contributed by atoms with Crippen LogP contribution in [0.1, 0.15) is 104 Å². The predicted molar refractivity (Wildman–Crippen MR) is 93.7 cm³/mol. The number of carbonyl (C=O) groups is 2. The molecule has 6 heteroatoms. The number of carboxylic acid groups (broad SMARTS) is 2. The van der Waals surface area contributed by atoms with Crippen molar-refractivity contribution in [3.63, 3.8) is 0 Å². The van der Waals surface area contributed by atoms with Crippen LogP contribution >= 0.6 is 0 Å². The van der Waals surface area contributed by atoms with Gasteiger partial charge in [0, 0.05) is 11.9 Å². The van der Waals surface area contributed by atoms with Crippen molar-refractivity contribution in [2.45, 2.75) is 104 Å². The van der Waals surface area contributed by atoms with Crippen LogP contribution < -0.4 is 10.2 Å². The van der Waals surface area contributed by atoms with Gasteiger partial charge >= 0.3 is 17.4 Å². The molecule has 0 aliphatic carbocycles. The minimum atomic E-state index is -0.916.